The van der Waals surface area contributed by atoms with Crippen LogP contribution in [0.5, 0.6) is 0 Å². The van der Waals surface area contributed by atoms with Gasteiger partial charge in [-0.3, -0.25) is 0 Å². The van der Waals surface area contributed by atoms with Crippen LogP contribution >= 0.6 is 11.3 Å². The van der Waals surface area contributed by atoms with E-state index in [2.05, 4.69) is 4.98 Å². The van der Waals surface area contributed by atoms with Gasteiger partial charge in [0.15, 0.2) is 0 Å². The molecule has 0 fully saturated rings. The van der Waals surface area contributed by atoms with Crippen LogP contribution in [0, 0.1) is 0 Å². The molecule has 0 aliphatic heterocycles. The van der Waals surface area contributed by atoms with Crippen LogP contribution in [-0.2, 0) is 6.18 Å². The average Bonchev–Trinajstić information content (AvgIpc) is 2.69. The largest absolute Gasteiger partial charge is 0.417 e. The Bertz CT molecular complexity index is 448. The fourth-order valence-corrected chi connectivity index (χ4v) is 1.95. The molecule has 2 aromatic rings. The van der Waals surface area contributed by atoms with Gasteiger partial charge in [0.2, 0.25) is 0 Å². The lowest BCUT2D eigenvalue weighted by molar-refractivity contribution is -0.137. The Labute approximate surface area is 88.2 Å². The summed E-state index contributed by atoms with van der Waals surface area (Å²) in [4.78, 5) is 3.88. The van der Waals surface area contributed by atoms with E-state index in [0.29, 0.717) is 5.01 Å². The van der Waals surface area contributed by atoms with E-state index < -0.39 is 11.7 Å². The number of benzene rings is 1. The Kier molecular flexibility index (Phi) is 2.48. The number of thiazole rings is 1. The van der Waals surface area contributed by atoms with Gasteiger partial charge in [-0.1, -0.05) is 18.2 Å². The van der Waals surface area contributed by atoms with Crippen molar-refractivity contribution >= 4 is 11.3 Å². The lowest BCUT2D eigenvalue weighted by atomic mass is 10.1. The van der Waals surface area contributed by atoms with E-state index in [9.17, 15) is 13.2 Å². The third-order valence-corrected chi connectivity index (χ3v) is 2.70. The topological polar surface area (TPSA) is 12.9 Å². The van der Waals surface area contributed by atoms with Crippen LogP contribution in [0.2, 0.25) is 0 Å². The summed E-state index contributed by atoms with van der Waals surface area (Å²) in [6, 6.07) is 5.45. The van der Waals surface area contributed by atoms with Crippen molar-refractivity contribution in [1.82, 2.24) is 4.98 Å². The fourth-order valence-electron chi connectivity index (χ4n) is 1.27. The van der Waals surface area contributed by atoms with E-state index in [-0.39, 0.29) is 5.56 Å². The average molecular weight is 229 g/mol. The summed E-state index contributed by atoms with van der Waals surface area (Å²) < 4.78 is 37.9. The number of alkyl halides is 3. The summed E-state index contributed by atoms with van der Waals surface area (Å²) in [6.07, 6.45) is -2.84. The summed E-state index contributed by atoms with van der Waals surface area (Å²) >= 11 is 1.20. The molecular formula is C10H6F3NS. The maximum absolute atomic E-state index is 12.6. The third-order valence-electron chi connectivity index (χ3n) is 1.90. The quantitative estimate of drug-likeness (QED) is 0.724. The molecule has 0 bridgehead atoms. The lowest BCUT2D eigenvalue weighted by Crippen LogP contribution is -2.06. The Morgan fingerprint density at radius 3 is 2.47 bits per heavy atom. The van der Waals surface area contributed by atoms with Crippen molar-refractivity contribution in [3.8, 4) is 10.6 Å². The van der Waals surface area contributed by atoms with Crippen LogP contribution in [0.4, 0.5) is 13.2 Å². The second-order valence-electron chi connectivity index (χ2n) is 2.88. The number of aromatic nitrogens is 1. The highest BCUT2D eigenvalue weighted by molar-refractivity contribution is 7.13. The molecule has 0 aliphatic rings. The smallest absolute Gasteiger partial charge is 0.245 e. The molecule has 78 valence electrons. The van der Waals surface area contributed by atoms with Crippen molar-refractivity contribution in [2.45, 2.75) is 6.18 Å². The Hall–Kier alpha value is -1.36. The van der Waals surface area contributed by atoms with E-state index in [1.54, 1.807) is 11.4 Å². The number of nitrogens with zero attached hydrogens (tertiary/aromatic N) is 1. The van der Waals surface area contributed by atoms with Crippen LogP contribution in [0.3, 0.4) is 0 Å². The summed E-state index contributed by atoms with van der Waals surface area (Å²) in [6.45, 7) is 0. The molecule has 0 unspecified atom stereocenters. The zero-order chi connectivity index (χ0) is 10.9. The minimum Gasteiger partial charge on any atom is -0.245 e. The van der Waals surface area contributed by atoms with Crippen molar-refractivity contribution in [3.63, 3.8) is 0 Å². The number of halogens is 3. The van der Waals surface area contributed by atoms with Gasteiger partial charge in [0.25, 0.3) is 0 Å². The molecular weight excluding hydrogens is 223 g/mol. The number of hydrogen-bond acceptors (Lipinski definition) is 2. The molecule has 0 radical (unpaired) electrons. The van der Waals surface area contributed by atoms with Crippen molar-refractivity contribution in [2.75, 3.05) is 0 Å². The van der Waals surface area contributed by atoms with E-state index in [1.165, 1.54) is 29.7 Å². The van der Waals surface area contributed by atoms with E-state index >= 15 is 0 Å². The van der Waals surface area contributed by atoms with Gasteiger partial charge >= 0.3 is 6.18 Å². The molecule has 0 spiro atoms. The standard InChI is InChI=1S/C10H6F3NS/c11-10(12,13)8-4-2-1-3-7(8)9-14-5-6-15-9/h1-6H. The molecule has 1 aromatic heterocycles. The first kappa shape index (κ1) is 10.2. The summed E-state index contributed by atoms with van der Waals surface area (Å²) in [5.41, 5.74) is -0.500. The zero-order valence-corrected chi connectivity index (χ0v) is 8.27. The van der Waals surface area contributed by atoms with Crippen molar-refractivity contribution in [3.05, 3.63) is 41.4 Å². The predicted octanol–water partition coefficient (Wildman–Crippen LogP) is 3.83. The molecule has 0 saturated heterocycles. The van der Waals surface area contributed by atoms with Crippen LogP contribution < -0.4 is 0 Å². The van der Waals surface area contributed by atoms with E-state index in [0.717, 1.165) is 6.07 Å². The van der Waals surface area contributed by atoms with Crippen molar-refractivity contribution < 1.29 is 13.2 Å². The zero-order valence-electron chi connectivity index (χ0n) is 7.45. The van der Waals surface area contributed by atoms with Crippen LogP contribution in [0.15, 0.2) is 35.8 Å². The van der Waals surface area contributed by atoms with Crippen molar-refractivity contribution in [2.24, 2.45) is 0 Å². The molecule has 2 rings (SSSR count). The van der Waals surface area contributed by atoms with Gasteiger partial charge in [0.1, 0.15) is 5.01 Å². The first-order valence-electron chi connectivity index (χ1n) is 4.15. The SMILES string of the molecule is FC(F)(F)c1ccccc1-c1nccs1. The van der Waals surface area contributed by atoms with Crippen LogP contribution in [-0.4, -0.2) is 4.98 Å². The van der Waals surface area contributed by atoms with Gasteiger partial charge in [0.05, 0.1) is 5.56 Å². The normalized spacial score (nSPS) is 11.7. The third kappa shape index (κ3) is 2.02. The van der Waals surface area contributed by atoms with Gasteiger partial charge in [-0.25, -0.2) is 4.98 Å². The highest BCUT2D eigenvalue weighted by atomic mass is 32.1. The summed E-state index contributed by atoms with van der Waals surface area (Å²) in [7, 11) is 0. The second-order valence-corrected chi connectivity index (χ2v) is 3.78. The molecule has 0 saturated carbocycles. The van der Waals surface area contributed by atoms with Gasteiger partial charge in [0, 0.05) is 17.1 Å². The minimum atomic E-state index is -4.33. The van der Waals surface area contributed by atoms with Gasteiger partial charge in [-0.05, 0) is 6.07 Å². The Morgan fingerprint density at radius 1 is 1.13 bits per heavy atom. The second kappa shape index (κ2) is 3.66. The maximum Gasteiger partial charge on any atom is 0.417 e. The Morgan fingerprint density at radius 2 is 1.87 bits per heavy atom. The highest BCUT2D eigenvalue weighted by Crippen LogP contribution is 2.37. The molecule has 0 atom stereocenters. The van der Waals surface area contributed by atoms with Gasteiger partial charge < -0.3 is 0 Å². The molecule has 5 heteroatoms. The summed E-state index contributed by atoms with van der Waals surface area (Å²) in [5.74, 6) is 0. The Balaban J connectivity index is 2.58. The van der Waals surface area contributed by atoms with Crippen LogP contribution in [0.1, 0.15) is 5.56 Å². The van der Waals surface area contributed by atoms with Crippen molar-refractivity contribution in [1.29, 1.82) is 0 Å². The monoisotopic (exact) mass is 229 g/mol. The molecule has 0 amide bonds. The number of hydrogen-bond donors (Lipinski definition) is 0. The molecule has 0 N–H and O–H groups in total. The molecule has 1 aromatic carbocycles. The first-order valence-corrected chi connectivity index (χ1v) is 5.03. The number of rotatable bonds is 1. The highest BCUT2D eigenvalue weighted by Gasteiger charge is 2.33. The maximum atomic E-state index is 12.6. The van der Waals surface area contributed by atoms with Crippen LogP contribution in [0.25, 0.3) is 10.6 Å². The molecule has 15 heavy (non-hydrogen) atoms. The predicted molar refractivity (Wildman–Crippen MR) is 52.6 cm³/mol. The van der Waals surface area contributed by atoms with E-state index in [4.69, 9.17) is 0 Å². The van der Waals surface area contributed by atoms with Gasteiger partial charge in [-0.15, -0.1) is 11.3 Å². The summed E-state index contributed by atoms with van der Waals surface area (Å²) in [5, 5.41) is 2.05. The first-order chi connectivity index (χ1) is 7.09. The minimum absolute atomic E-state index is 0.139. The molecule has 1 heterocycles. The fraction of sp³-hybridized carbons (Fsp3) is 0.100. The molecule has 1 nitrogen and oxygen atoms in total. The lowest BCUT2D eigenvalue weighted by Gasteiger charge is -2.10. The van der Waals surface area contributed by atoms with E-state index in [1.807, 2.05) is 0 Å². The molecule has 0 aliphatic carbocycles. The van der Waals surface area contributed by atoms with Gasteiger partial charge in [-0.2, -0.15) is 13.2 Å².